The Morgan fingerprint density at radius 3 is 2.11 bits per heavy atom. The monoisotopic (exact) mass is 275 g/mol. The Morgan fingerprint density at radius 2 is 1.58 bits per heavy atom. The van der Waals surface area contributed by atoms with Crippen LogP contribution in [0.25, 0.3) is 0 Å². The summed E-state index contributed by atoms with van der Waals surface area (Å²) in [5, 5.41) is 0.128. The van der Waals surface area contributed by atoms with Gasteiger partial charge in [-0.2, -0.15) is 0 Å². The van der Waals surface area contributed by atoms with Crippen LogP contribution >= 0.6 is 11.8 Å². The van der Waals surface area contributed by atoms with E-state index in [1.165, 1.54) is 22.6 Å². The van der Waals surface area contributed by atoms with Crippen LogP contribution in [0.2, 0.25) is 0 Å². The lowest BCUT2D eigenvalue weighted by molar-refractivity contribution is 0.625. The van der Waals surface area contributed by atoms with Crippen LogP contribution < -0.4 is 5.73 Å². The van der Waals surface area contributed by atoms with Gasteiger partial charge >= 0.3 is 0 Å². The predicted molar refractivity (Wildman–Crippen MR) is 79.8 cm³/mol. The quantitative estimate of drug-likeness (QED) is 0.841. The Morgan fingerprint density at radius 1 is 1.00 bits per heavy atom. The van der Waals surface area contributed by atoms with Gasteiger partial charge in [-0.05, 0) is 43.7 Å². The van der Waals surface area contributed by atoms with E-state index in [2.05, 4.69) is 31.2 Å². The van der Waals surface area contributed by atoms with Crippen molar-refractivity contribution in [3.63, 3.8) is 0 Å². The number of rotatable bonds is 4. The number of hydrogen-bond donors (Lipinski definition) is 1. The smallest absolute Gasteiger partial charge is 0.123 e. The molecule has 0 radical (unpaired) electrons. The molecule has 0 saturated carbocycles. The van der Waals surface area contributed by atoms with E-state index in [1.807, 2.05) is 19.1 Å². The van der Waals surface area contributed by atoms with Crippen LogP contribution in [-0.4, -0.2) is 6.04 Å². The van der Waals surface area contributed by atoms with E-state index in [0.717, 1.165) is 5.56 Å². The van der Waals surface area contributed by atoms with Crippen molar-refractivity contribution in [1.82, 2.24) is 0 Å². The Kier molecular flexibility index (Phi) is 4.61. The van der Waals surface area contributed by atoms with Crippen molar-refractivity contribution in [2.75, 3.05) is 0 Å². The SMILES string of the molecule is Cc1ccc(SC(c2ccc(F)cc2)C(C)N)cc1. The van der Waals surface area contributed by atoms with Gasteiger partial charge in [-0.3, -0.25) is 0 Å². The maximum atomic E-state index is 13.0. The molecule has 0 fully saturated rings. The molecular weight excluding hydrogens is 257 g/mol. The Balaban J connectivity index is 2.21. The van der Waals surface area contributed by atoms with Crippen LogP contribution in [-0.2, 0) is 0 Å². The molecule has 0 saturated heterocycles. The van der Waals surface area contributed by atoms with Crippen molar-refractivity contribution in [1.29, 1.82) is 0 Å². The van der Waals surface area contributed by atoms with Gasteiger partial charge in [0.25, 0.3) is 0 Å². The number of thioether (sulfide) groups is 1. The van der Waals surface area contributed by atoms with Crippen molar-refractivity contribution >= 4 is 11.8 Å². The van der Waals surface area contributed by atoms with E-state index in [-0.39, 0.29) is 17.1 Å². The van der Waals surface area contributed by atoms with Gasteiger partial charge in [0, 0.05) is 16.2 Å². The molecule has 1 nitrogen and oxygen atoms in total. The molecule has 0 heterocycles. The lowest BCUT2D eigenvalue weighted by Gasteiger charge is -2.21. The number of hydrogen-bond acceptors (Lipinski definition) is 2. The van der Waals surface area contributed by atoms with Crippen molar-refractivity contribution in [2.24, 2.45) is 5.73 Å². The summed E-state index contributed by atoms with van der Waals surface area (Å²) >= 11 is 1.72. The summed E-state index contributed by atoms with van der Waals surface area (Å²) in [6, 6.07) is 15.0. The summed E-state index contributed by atoms with van der Waals surface area (Å²) in [4.78, 5) is 1.18. The van der Waals surface area contributed by atoms with Crippen LogP contribution in [0.1, 0.15) is 23.3 Å². The van der Waals surface area contributed by atoms with E-state index < -0.39 is 0 Å². The van der Waals surface area contributed by atoms with Crippen LogP contribution in [0.3, 0.4) is 0 Å². The molecule has 2 unspecified atom stereocenters. The number of aryl methyl sites for hydroxylation is 1. The lowest BCUT2D eigenvalue weighted by Crippen LogP contribution is -2.22. The molecule has 0 amide bonds. The minimum atomic E-state index is -0.215. The van der Waals surface area contributed by atoms with Gasteiger partial charge in [0.05, 0.1) is 0 Å². The zero-order valence-electron chi connectivity index (χ0n) is 11.1. The summed E-state index contributed by atoms with van der Waals surface area (Å²) in [6.07, 6.45) is 0. The summed E-state index contributed by atoms with van der Waals surface area (Å²) in [5.74, 6) is -0.215. The molecule has 3 heteroatoms. The van der Waals surface area contributed by atoms with E-state index in [0.29, 0.717) is 0 Å². The summed E-state index contributed by atoms with van der Waals surface area (Å²) in [6.45, 7) is 4.05. The third-order valence-corrected chi connectivity index (χ3v) is 4.46. The highest BCUT2D eigenvalue weighted by Crippen LogP contribution is 2.37. The van der Waals surface area contributed by atoms with Crippen LogP contribution in [0.15, 0.2) is 53.4 Å². The molecular formula is C16H18FNS. The Hall–Kier alpha value is -1.32. The minimum Gasteiger partial charge on any atom is -0.327 e. The fourth-order valence-electron chi connectivity index (χ4n) is 1.89. The molecule has 0 bridgehead atoms. The highest BCUT2D eigenvalue weighted by molar-refractivity contribution is 7.99. The lowest BCUT2D eigenvalue weighted by atomic mass is 10.1. The maximum absolute atomic E-state index is 13.0. The number of halogens is 1. The van der Waals surface area contributed by atoms with Crippen molar-refractivity contribution in [3.05, 3.63) is 65.5 Å². The van der Waals surface area contributed by atoms with Gasteiger partial charge in [-0.25, -0.2) is 4.39 Å². The zero-order chi connectivity index (χ0) is 13.8. The fourth-order valence-corrected chi connectivity index (χ4v) is 2.99. The van der Waals surface area contributed by atoms with Crippen LogP contribution in [0.4, 0.5) is 4.39 Å². The predicted octanol–water partition coefficient (Wildman–Crippen LogP) is 4.31. The largest absolute Gasteiger partial charge is 0.327 e. The van der Waals surface area contributed by atoms with Crippen molar-refractivity contribution in [3.8, 4) is 0 Å². The normalized spacial score (nSPS) is 14.1. The first-order valence-electron chi connectivity index (χ1n) is 6.30. The number of benzene rings is 2. The zero-order valence-corrected chi connectivity index (χ0v) is 12.0. The van der Waals surface area contributed by atoms with Gasteiger partial charge in [0.2, 0.25) is 0 Å². The molecule has 0 aliphatic heterocycles. The summed E-state index contributed by atoms with van der Waals surface area (Å²) in [5.41, 5.74) is 8.37. The van der Waals surface area contributed by atoms with E-state index >= 15 is 0 Å². The minimum absolute atomic E-state index is 0.00300. The van der Waals surface area contributed by atoms with Gasteiger partial charge in [-0.1, -0.05) is 29.8 Å². The molecule has 2 N–H and O–H groups in total. The first kappa shape index (κ1) is 14.1. The Labute approximate surface area is 118 Å². The standard InChI is InChI=1S/C16H18FNS/c1-11-3-9-15(10-4-11)19-16(12(2)18)13-5-7-14(17)8-6-13/h3-10,12,16H,18H2,1-2H3. The van der Waals surface area contributed by atoms with Crippen molar-refractivity contribution in [2.45, 2.75) is 30.0 Å². The van der Waals surface area contributed by atoms with Gasteiger partial charge in [0.1, 0.15) is 5.82 Å². The molecule has 0 spiro atoms. The van der Waals surface area contributed by atoms with E-state index in [9.17, 15) is 4.39 Å². The summed E-state index contributed by atoms with van der Waals surface area (Å²) < 4.78 is 13.0. The Bertz CT molecular complexity index is 519. The maximum Gasteiger partial charge on any atom is 0.123 e. The third-order valence-electron chi connectivity index (χ3n) is 2.96. The first-order chi connectivity index (χ1) is 9.06. The highest BCUT2D eigenvalue weighted by Gasteiger charge is 2.17. The second kappa shape index (κ2) is 6.22. The fraction of sp³-hybridized carbons (Fsp3) is 0.250. The molecule has 2 aromatic rings. The van der Waals surface area contributed by atoms with Gasteiger partial charge in [0.15, 0.2) is 0 Å². The number of nitrogens with two attached hydrogens (primary N) is 1. The first-order valence-corrected chi connectivity index (χ1v) is 7.18. The topological polar surface area (TPSA) is 26.0 Å². The molecule has 100 valence electrons. The third kappa shape index (κ3) is 3.82. The summed E-state index contributed by atoms with van der Waals surface area (Å²) in [7, 11) is 0. The van der Waals surface area contributed by atoms with Crippen molar-refractivity contribution < 1.29 is 4.39 Å². The van der Waals surface area contributed by atoms with Gasteiger partial charge < -0.3 is 5.73 Å². The van der Waals surface area contributed by atoms with E-state index in [4.69, 9.17) is 5.73 Å². The molecule has 0 aliphatic rings. The molecule has 0 aromatic heterocycles. The van der Waals surface area contributed by atoms with E-state index in [1.54, 1.807) is 11.8 Å². The molecule has 2 rings (SSSR count). The highest BCUT2D eigenvalue weighted by atomic mass is 32.2. The second-order valence-electron chi connectivity index (χ2n) is 4.76. The second-order valence-corrected chi connectivity index (χ2v) is 5.98. The van der Waals surface area contributed by atoms with Gasteiger partial charge in [-0.15, -0.1) is 11.8 Å². The molecule has 0 aliphatic carbocycles. The molecule has 2 atom stereocenters. The molecule has 19 heavy (non-hydrogen) atoms. The molecule has 2 aromatic carbocycles. The van der Waals surface area contributed by atoms with Crippen LogP contribution in [0, 0.1) is 12.7 Å². The average Bonchev–Trinajstić information content (AvgIpc) is 2.39. The van der Waals surface area contributed by atoms with Crippen LogP contribution in [0.5, 0.6) is 0 Å². The average molecular weight is 275 g/mol.